The van der Waals surface area contributed by atoms with Crippen LogP contribution in [0.25, 0.3) is 22.1 Å². The van der Waals surface area contributed by atoms with E-state index in [9.17, 15) is 15.0 Å². The molecule has 3 aromatic rings. The summed E-state index contributed by atoms with van der Waals surface area (Å²) in [6.07, 6.45) is 0. The number of ether oxygens (including phenoxy) is 1. The zero-order valence-electron chi connectivity index (χ0n) is 12.1. The topological polar surface area (TPSA) is 79.9 Å². The van der Waals surface area contributed by atoms with Crippen molar-refractivity contribution in [2.45, 2.75) is 6.92 Å². The normalized spacial score (nSPS) is 10.8. The van der Waals surface area contributed by atoms with Crippen LogP contribution in [0.15, 0.2) is 45.6 Å². The highest BCUT2D eigenvalue weighted by molar-refractivity contribution is 5.98. The number of aryl methyl sites for hydroxylation is 1. The minimum atomic E-state index is -0.486. The van der Waals surface area contributed by atoms with Crippen LogP contribution in [0.3, 0.4) is 0 Å². The quantitative estimate of drug-likeness (QED) is 0.710. The van der Waals surface area contributed by atoms with Crippen molar-refractivity contribution in [3.63, 3.8) is 0 Å². The molecule has 0 unspecified atom stereocenters. The molecule has 0 radical (unpaired) electrons. The molecule has 0 aliphatic carbocycles. The number of benzene rings is 2. The van der Waals surface area contributed by atoms with Crippen molar-refractivity contribution in [3.05, 3.63) is 52.4 Å². The molecule has 0 amide bonds. The van der Waals surface area contributed by atoms with Gasteiger partial charge in [0.2, 0.25) is 0 Å². The van der Waals surface area contributed by atoms with Gasteiger partial charge in [0.25, 0.3) is 0 Å². The zero-order chi connectivity index (χ0) is 15.9. The van der Waals surface area contributed by atoms with E-state index in [0.29, 0.717) is 27.8 Å². The second-order valence-electron chi connectivity index (χ2n) is 5.00. The maximum atomic E-state index is 11.5. The maximum absolute atomic E-state index is 11.5. The van der Waals surface area contributed by atoms with E-state index in [2.05, 4.69) is 0 Å². The van der Waals surface area contributed by atoms with Crippen LogP contribution >= 0.6 is 0 Å². The minimum Gasteiger partial charge on any atom is -0.508 e. The molecule has 5 nitrogen and oxygen atoms in total. The van der Waals surface area contributed by atoms with E-state index in [0.717, 1.165) is 0 Å². The number of phenols is 2. The van der Waals surface area contributed by atoms with Gasteiger partial charge in [-0.1, -0.05) is 0 Å². The van der Waals surface area contributed by atoms with Gasteiger partial charge in [-0.25, -0.2) is 4.79 Å². The van der Waals surface area contributed by atoms with Crippen molar-refractivity contribution in [2.75, 3.05) is 7.11 Å². The van der Waals surface area contributed by atoms with Gasteiger partial charge in [-0.15, -0.1) is 0 Å². The summed E-state index contributed by atoms with van der Waals surface area (Å²) in [5.74, 6) is 0.484. The Hall–Kier alpha value is -2.95. The molecule has 1 heterocycles. The number of hydrogen-bond acceptors (Lipinski definition) is 5. The van der Waals surface area contributed by atoms with Crippen molar-refractivity contribution >= 4 is 11.0 Å². The molecule has 0 saturated heterocycles. The van der Waals surface area contributed by atoms with Crippen LogP contribution in [0.4, 0.5) is 0 Å². The summed E-state index contributed by atoms with van der Waals surface area (Å²) >= 11 is 0. The lowest BCUT2D eigenvalue weighted by atomic mass is 9.97. The zero-order valence-corrected chi connectivity index (χ0v) is 12.1. The molecule has 0 saturated carbocycles. The Morgan fingerprint density at radius 2 is 1.82 bits per heavy atom. The molecule has 3 rings (SSSR count). The third kappa shape index (κ3) is 2.26. The first-order valence-corrected chi connectivity index (χ1v) is 6.64. The molecule has 22 heavy (non-hydrogen) atoms. The number of aromatic hydroxyl groups is 2. The highest BCUT2D eigenvalue weighted by Gasteiger charge is 2.14. The van der Waals surface area contributed by atoms with E-state index in [1.165, 1.54) is 31.4 Å². The van der Waals surface area contributed by atoms with Crippen LogP contribution < -0.4 is 10.4 Å². The molecular formula is C17H14O5. The van der Waals surface area contributed by atoms with Crippen LogP contribution in [-0.2, 0) is 0 Å². The Balaban J connectivity index is 2.38. The fourth-order valence-corrected chi connectivity index (χ4v) is 2.55. The third-order valence-corrected chi connectivity index (χ3v) is 3.52. The first kappa shape index (κ1) is 14.0. The number of phenolic OH excluding ortho intramolecular Hbond substituents is 2. The van der Waals surface area contributed by atoms with E-state index in [1.54, 1.807) is 19.1 Å². The molecule has 0 bridgehead atoms. The van der Waals surface area contributed by atoms with E-state index in [1.807, 2.05) is 0 Å². The molecule has 112 valence electrons. The second kappa shape index (κ2) is 5.11. The Labute approximate surface area is 126 Å². The SMILES string of the molecule is COc1ccc(-c2cc(O)cc3oc(=O)cc(C)c23)c(O)c1. The molecule has 0 aliphatic heterocycles. The van der Waals surface area contributed by atoms with Crippen LogP contribution in [0.2, 0.25) is 0 Å². The standard InChI is InChI=1S/C17H14O5/c1-9-5-16(20)22-15-7-10(18)6-13(17(9)15)12-4-3-11(21-2)8-14(12)19/h3-8,18-19H,1-2H3. The summed E-state index contributed by atoms with van der Waals surface area (Å²) in [4.78, 5) is 11.5. The van der Waals surface area contributed by atoms with Gasteiger partial charge < -0.3 is 19.4 Å². The lowest BCUT2D eigenvalue weighted by Gasteiger charge is -2.11. The van der Waals surface area contributed by atoms with E-state index in [4.69, 9.17) is 9.15 Å². The highest BCUT2D eigenvalue weighted by atomic mass is 16.5. The molecule has 0 spiro atoms. The van der Waals surface area contributed by atoms with Crippen LogP contribution in [-0.4, -0.2) is 17.3 Å². The van der Waals surface area contributed by atoms with Crippen molar-refractivity contribution in [1.82, 2.24) is 0 Å². The van der Waals surface area contributed by atoms with E-state index < -0.39 is 5.63 Å². The fraction of sp³-hybridized carbons (Fsp3) is 0.118. The molecular weight excluding hydrogens is 284 g/mol. The maximum Gasteiger partial charge on any atom is 0.336 e. The van der Waals surface area contributed by atoms with E-state index in [-0.39, 0.29) is 17.1 Å². The van der Waals surface area contributed by atoms with Crippen LogP contribution in [0, 0.1) is 6.92 Å². The summed E-state index contributed by atoms with van der Waals surface area (Å²) in [6.45, 7) is 1.78. The average molecular weight is 298 g/mol. The Morgan fingerprint density at radius 3 is 2.50 bits per heavy atom. The summed E-state index contributed by atoms with van der Waals surface area (Å²) in [6, 6.07) is 9.17. The number of hydrogen-bond donors (Lipinski definition) is 2. The number of rotatable bonds is 2. The molecule has 1 aromatic heterocycles. The van der Waals surface area contributed by atoms with Gasteiger partial charge in [-0.3, -0.25) is 0 Å². The van der Waals surface area contributed by atoms with Crippen molar-refractivity contribution < 1.29 is 19.4 Å². The summed E-state index contributed by atoms with van der Waals surface area (Å²) in [5.41, 5.74) is 1.59. The lowest BCUT2D eigenvalue weighted by Crippen LogP contribution is -1.99. The first-order valence-electron chi connectivity index (χ1n) is 6.64. The Morgan fingerprint density at radius 1 is 1.05 bits per heavy atom. The predicted molar refractivity (Wildman–Crippen MR) is 82.5 cm³/mol. The monoisotopic (exact) mass is 298 g/mol. The Kier molecular flexibility index (Phi) is 3.25. The molecule has 2 aromatic carbocycles. The number of fused-ring (bicyclic) bond motifs is 1. The van der Waals surface area contributed by atoms with Crippen LogP contribution in [0.5, 0.6) is 17.2 Å². The van der Waals surface area contributed by atoms with Crippen molar-refractivity contribution in [2.24, 2.45) is 0 Å². The van der Waals surface area contributed by atoms with Crippen LogP contribution in [0.1, 0.15) is 5.56 Å². The van der Waals surface area contributed by atoms with Crippen molar-refractivity contribution in [1.29, 1.82) is 0 Å². The number of methoxy groups -OCH3 is 1. The average Bonchev–Trinajstić information content (AvgIpc) is 2.45. The van der Waals surface area contributed by atoms with E-state index >= 15 is 0 Å². The largest absolute Gasteiger partial charge is 0.508 e. The van der Waals surface area contributed by atoms with Gasteiger partial charge >= 0.3 is 5.63 Å². The second-order valence-corrected chi connectivity index (χ2v) is 5.00. The first-order chi connectivity index (χ1) is 10.5. The molecule has 0 fully saturated rings. The van der Waals surface area contributed by atoms with Gasteiger partial charge in [-0.2, -0.15) is 0 Å². The van der Waals surface area contributed by atoms with Gasteiger partial charge in [0.05, 0.1) is 7.11 Å². The summed E-state index contributed by atoms with van der Waals surface area (Å²) in [5, 5.41) is 20.8. The smallest absolute Gasteiger partial charge is 0.336 e. The fourth-order valence-electron chi connectivity index (χ4n) is 2.55. The predicted octanol–water partition coefficient (Wildman–Crippen LogP) is 3.19. The summed E-state index contributed by atoms with van der Waals surface area (Å²) in [7, 11) is 1.51. The Bertz CT molecular complexity index is 924. The van der Waals surface area contributed by atoms with Gasteiger partial charge in [0.15, 0.2) is 0 Å². The van der Waals surface area contributed by atoms with Gasteiger partial charge in [-0.05, 0) is 30.7 Å². The molecule has 0 aliphatic rings. The molecule has 0 atom stereocenters. The highest BCUT2D eigenvalue weighted by Crippen LogP contribution is 2.39. The lowest BCUT2D eigenvalue weighted by molar-refractivity contribution is 0.408. The molecule has 5 heteroatoms. The van der Waals surface area contributed by atoms with Crippen molar-refractivity contribution in [3.8, 4) is 28.4 Å². The molecule has 2 N–H and O–H groups in total. The third-order valence-electron chi connectivity index (χ3n) is 3.52. The minimum absolute atomic E-state index is 0.0110. The van der Waals surface area contributed by atoms with Gasteiger partial charge in [0, 0.05) is 34.7 Å². The summed E-state index contributed by atoms with van der Waals surface area (Å²) < 4.78 is 10.2. The van der Waals surface area contributed by atoms with Gasteiger partial charge in [0.1, 0.15) is 22.8 Å².